The minimum atomic E-state index is -0.706. The Kier molecular flexibility index (Phi) is 17.0. The van der Waals surface area contributed by atoms with Gasteiger partial charge in [0.05, 0.1) is 0 Å². The van der Waals surface area contributed by atoms with Crippen molar-refractivity contribution in [3.63, 3.8) is 0 Å². The van der Waals surface area contributed by atoms with Crippen LogP contribution in [-0.4, -0.2) is 35.2 Å². The van der Waals surface area contributed by atoms with Gasteiger partial charge >= 0.3 is 6.03 Å². The van der Waals surface area contributed by atoms with Crippen LogP contribution in [0, 0.1) is 0 Å². The molecule has 38 heavy (non-hydrogen) atoms. The Morgan fingerprint density at radius 3 is 1.71 bits per heavy atom. The lowest BCUT2D eigenvalue weighted by Gasteiger charge is -2.52. The molecule has 2 rings (SSSR count). The fourth-order valence-corrected chi connectivity index (χ4v) is 5.33. The van der Waals surface area contributed by atoms with E-state index in [2.05, 4.69) is 24.5 Å². The summed E-state index contributed by atoms with van der Waals surface area (Å²) in [6.45, 7) is 5.57. The third-order valence-corrected chi connectivity index (χ3v) is 7.79. The first-order valence-electron chi connectivity index (χ1n) is 15.9. The number of hydrogen-bond acceptors (Lipinski definition) is 4. The molecule has 0 saturated carbocycles. The van der Waals surface area contributed by atoms with E-state index in [0.29, 0.717) is 6.73 Å². The Labute approximate surface area is 233 Å². The van der Waals surface area contributed by atoms with Crippen LogP contribution in [0.2, 0.25) is 0 Å². The average Bonchev–Trinajstić information content (AvgIpc) is 2.91. The predicted octanol–water partition coefficient (Wildman–Crippen LogP) is 9.30. The molecule has 0 aliphatic carbocycles. The summed E-state index contributed by atoms with van der Waals surface area (Å²) in [6, 6.07) is 6.94. The van der Waals surface area contributed by atoms with E-state index in [1.54, 1.807) is 12.1 Å². The zero-order valence-corrected chi connectivity index (χ0v) is 24.6. The fraction of sp³-hybridized carbons (Fsp3) is 0.781. The van der Waals surface area contributed by atoms with Gasteiger partial charge in [0.2, 0.25) is 5.85 Å². The summed E-state index contributed by atoms with van der Waals surface area (Å²) >= 11 is 0. The molecule has 1 fully saturated rings. The number of benzene rings is 1. The number of carbonyl (C=O) groups is 1. The first kappa shape index (κ1) is 32.3. The number of nitrogens with zero attached hydrogens (tertiary/aromatic N) is 1. The zero-order valence-electron chi connectivity index (χ0n) is 24.6. The lowest BCUT2D eigenvalue weighted by molar-refractivity contribution is -0.191. The smallest absolute Gasteiger partial charge is 0.324 e. The van der Waals surface area contributed by atoms with Crippen LogP contribution in [0.3, 0.4) is 0 Å². The quantitative estimate of drug-likeness (QED) is 0.0667. The van der Waals surface area contributed by atoms with Crippen molar-refractivity contribution in [1.82, 2.24) is 10.2 Å². The van der Waals surface area contributed by atoms with Crippen LogP contribution in [0.5, 0.6) is 5.75 Å². The second-order valence-corrected chi connectivity index (χ2v) is 11.1. The molecule has 1 heterocycles. The highest BCUT2D eigenvalue weighted by atomic mass is 16.6. The first-order valence-corrected chi connectivity index (χ1v) is 15.9. The standard InChI is InChI=1S/C32H57N3O3/c1-3-5-7-9-11-12-13-14-15-17-19-21-27-35-31(37)34-32(35,26-20-18-16-10-8-6-4-2)38-28-33-29-22-24-30(36)25-23-29/h22-25,33,36H,3-21,26-28H2,1-2H3,(H,34,37). The Bertz CT molecular complexity index is 727. The van der Waals surface area contributed by atoms with Gasteiger partial charge in [-0.15, -0.1) is 0 Å². The van der Waals surface area contributed by atoms with Crippen molar-refractivity contribution in [2.75, 3.05) is 18.6 Å². The van der Waals surface area contributed by atoms with E-state index >= 15 is 0 Å². The SMILES string of the molecule is CCCCCCCCCCCCCCN1C(=O)NC1(CCCCCCCCC)OCNc1ccc(O)cc1. The number of hydrogen-bond donors (Lipinski definition) is 3. The van der Waals surface area contributed by atoms with Gasteiger partial charge < -0.3 is 15.2 Å². The van der Waals surface area contributed by atoms with Gasteiger partial charge in [0.25, 0.3) is 0 Å². The van der Waals surface area contributed by atoms with Crippen LogP contribution < -0.4 is 10.6 Å². The summed E-state index contributed by atoms with van der Waals surface area (Å²) in [4.78, 5) is 14.5. The molecule has 1 saturated heterocycles. The minimum Gasteiger partial charge on any atom is -0.508 e. The molecular formula is C32H57N3O3. The minimum absolute atomic E-state index is 0.0133. The van der Waals surface area contributed by atoms with Gasteiger partial charge in [-0.3, -0.25) is 10.2 Å². The fourth-order valence-electron chi connectivity index (χ4n) is 5.33. The third kappa shape index (κ3) is 12.7. The van der Waals surface area contributed by atoms with E-state index in [1.165, 1.54) is 109 Å². The maximum Gasteiger partial charge on any atom is 0.324 e. The molecule has 6 heteroatoms. The Morgan fingerprint density at radius 1 is 0.737 bits per heavy atom. The molecule has 1 aromatic rings. The topological polar surface area (TPSA) is 73.8 Å². The first-order chi connectivity index (χ1) is 18.6. The van der Waals surface area contributed by atoms with Gasteiger partial charge in [0.1, 0.15) is 12.5 Å². The molecule has 1 unspecified atom stereocenters. The van der Waals surface area contributed by atoms with Crippen LogP contribution >= 0.6 is 0 Å². The maximum absolute atomic E-state index is 12.5. The van der Waals surface area contributed by atoms with E-state index in [1.807, 2.05) is 17.0 Å². The lowest BCUT2D eigenvalue weighted by atomic mass is 10.0. The summed E-state index contributed by atoms with van der Waals surface area (Å²) in [6.07, 6.45) is 25.2. The van der Waals surface area contributed by atoms with Gasteiger partial charge in [-0.2, -0.15) is 0 Å². The molecular weight excluding hydrogens is 474 g/mol. The normalized spacial score (nSPS) is 16.9. The van der Waals surface area contributed by atoms with Crippen LogP contribution in [-0.2, 0) is 4.74 Å². The number of unbranched alkanes of at least 4 members (excludes halogenated alkanes) is 17. The number of phenolic OH excluding ortho intramolecular Hbond substituents is 1. The summed E-state index contributed by atoms with van der Waals surface area (Å²) in [5.41, 5.74) is 0.882. The average molecular weight is 532 g/mol. The van der Waals surface area contributed by atoms with Crippen LogP contribution in [0.15, 0.2) is 24.3 Å². The van der Waals surface area contributed by atoms with Gasteiger partial charge in [-0.1, -0.05) is 123 Å². The highest BCUT2D eigenvalue weighted by molar-refractivity contribution is 5.81. The van der Waals surface area contributed by atoms with Crippen LogP contribution in [0.4, 0.5) is 10.5 Å². The summed E-state index contributed by atoms with van der Waals surface area (Å²) in [5.74, 6) is -0.464. The summed E-state index contributed by atoms with van der Waals surface area (Å²) < 4.78 is 6.31. The highest BCUT2D eigenvalue weighted by Crippen LogP contribution is 2.31. The molecule has 0 bridgehead atoms. The van der Waals surface area contributed by atoms with Gasteiger partial charge in [0.15, 0.2) is 0 Å². The number of rotatable bonds is 25. The molecule has 0 spiro atoms. The van der Waals surface area contributed by atoms with Gasteiger partial charge in [0, 0.05) is 18.7 Å². The Hall–Kier alpha value is -1.95. The van der Waals surface area contributed by atoms with Crippen molar-refractivity contribution in [1.29, 1.82) is 0 Å². The van der Waals surface area contributed by atoms with E-state index in [4.69, 9.17) is 4.74 Å². The van der Waals surface area contributed by atoms with E-state index in [0.717, 1.165) is 31.5 Å². The number of ether oxygens (including phenoxy) is 1. The van der Waals surface area contributed by atoms with Crippen molar-refractivity contribution in [3.05, 3.63) is 24.3 Å². The number of carbonyl (C=O) groups excluding carboxylic acids is 1. The predicted molar refractivity (Wildman–Crippen MR) is 159 cm³/mol. The van der Waals surface area contributed by atoms with Gasteiger partial charge in [-0.25, -0.2) is 4.79 Å². The largest absolute Gasteiger partial charge is 0.508 e. The van der Waals surface area contributed by atoms with Crippen molar-refractivity contribution >= 4 is 11.7 Å². The Balaban J connectivity index is 1.70. The highest BCUT2D eigenvalue weighted by Gasteiger charge is 2.50. The number of anilines is 1. The maximum atomic E-state index is 12.5. The van der Waals surface area contributed by atoms with E-state index in [-0.39, 0.29) is 11.8 Å². The number of nitrogens with one attached hydrogen (secondary N) is 2. The molecule has 1 aromatic carbocycles. The van der Waals surface area contributed by atoms with Crippen molar-refractivity contribution in [3.8, 4) is 5.75 Å². The molecule has 3 N–H and O–H groups in total. The monoisotopic (exact) mass is 531 g/mol. The molecule has 2 amide bonds. The van der Waals surface area contributed by atoms with Crippen LogP contribution in [0.1, 0.15) is 142 Å². The molecule has 1 aliphatic heterocycles. The summed E-state index contributed by atoms with van der Waals surface area (Å²) in [7, 11) is 0. The molecule has 6 nitrogen and oxygen atoms in total. The third-order valence-electron chi connectivity index (χ3n) is 7.79. The number of urea groups is 1. The molecule has 1 atom stereocenters. The van der Waals surface area contributed by atoms with Crippen LogP contribution in [0.25, 0.3) is 0 Å². The molecule has 218 valence electrons. The molecule has 0 radical (unpaired) electrons. The van der Waals surface area contributed by atoms with Crippen molar-refractivity contribution in [2.45, 2.75) is 148 Å². The second-order valence-electron chi connectivity index (χ2n) is 11.1. The Morgan fingerprint density at radius 2 is 1.21 bits per heavy atom. The van der Waals surface area contributed by atoms with Crippen molar-refractivity contribution < 1.29 is 14.6 Å². The number of aromatic hydroxyl groups is 1. The van der Waals surface area contributed by atoms with Gasteiger partial charge in [-0.05, 0) is 37.1 Å². The summed E-state index contributed by atoms with van der Waals surface area (Å²) in [5, 5.41) is 15.9. The zero-order chi connectivity index (χ0) is 27.3. The van der Waals surface area contributed by atoms with E-state index in [9.17, 15) is 9.90 Å². The van der Waals surface area contributed by atoms with E-state index < -0.39 is 5.85 Å². The number of amides is 2. The molecule has 1 aliphatic rings. The number of phenols is 1. The molecule has 0 aromatic heterocycles. The second kappa shape index (κ2) is 20.0. The lowest BCUT2D eigenvalue weighted by Crippen LogP contribution is -2.77. The van der Waals surface area contributed by atoms with Crippen molar-refractivity contribution in [2.24, 2.45) is 0 Å².